The van der Waals surface area contributed by atoms with Crippen molar-refractivity contribution in [3.63, 3.8) is 0 Å². The van der Waals surface area contributed by atoms with Gasteiger partial charge < -0.3 is 5.32 Å². The van der Waals surface area contributed by atoms with Crippen molar-refractivity contribution in [2.24, 2.45) is 0 Å². The molecule has 20 heavy (non-hydrogen) atoms. The first-order chi connectivity index (χ1) is 9.48. The highest BCUT2D eigenvalue weighted by atomic mass is 32.2. The van der Waals surface area contributed by atoms with E-state index >= 15 is 0 Å². The summed E-state index contributed by atoms with van der Waals surface area (Å²) < 4.78 is 26.9. The van der Waals surface area contributed by atoms with Crippen LogP contribution in [-0.2, 0) is 14.8 Å². The van der Waals surface area contributed by atoms with Gasteiger partial charge in [0.1, 0.15) is 10.3 Å². The van der Waals surface area contributed by atoms with Crippen LogP contribution >= 0.6 is 11.3 Å². The van der Waals surface area contributed by atoms with Gasteiger partial charge in [-0.3, -0.25) is 4.79 Å². The Morgan fingerprint density at radius 1 is 1.35 bits per heavy atom. The van der Waals surface area contributed by atoms with Crippen molar-refractivity contribution in [2.75, 3.05) is 6.54 Å². The second-order valence-electron chi connectivity index (χ2n) is 5.42. The third kappa shape index (κ3) is 2.62. The quantitative estimate of drug-likeness (QED) is 0.915. The molecule has 7 heteroatoms. The summed E-state index contributed by atoms with van der Waals surface area (Å²) in [6.07, 6.45) is 3.37. The molecular formula is C13H18N2O3S2. The molecular weight excluding hydrogens is 296 g/mol. The van der Waals surface area contributed by atoms with Gasteiger partial charge in [0.05, 0.1) is 0 Å². The van der Waals surface area contributed by atoms with Crippen LogP contribution in [0.25, 0.3) is 0 Å². The van der Waals surface area contributed by atoms with Crippen molar-refractivity contribution >= 4 is 27.3 Å². The van der Waals surface area contributed by atoms with Gasteiger partial charge in [-0.05, 0) is 44.7 Å². The number of hydrogen-bond donors (Lipinski definition) is 1. The molecule has 1 amide bonds. The number of nitrogens with zero attached hydrogens (tertiary/aromatic N) is 1. The Kier molecular flexibility index (Phi) is 3.60. The summed E-state index contributed by atoms with van der Waals surface area (Å²) in [4.78, 5) is 13.1. The summed E-state index contributed by atoms with van der Waals surface area (Å²) in [6, 6.07) is 3.15. The van der Waals surface area contributed by atoms with Crippen molar-refractivity contribution in [3.8, 4) is 0 Å². The third-order valence-electron chi connectivity index (χ3n) is 3.71. The fraction of sp³-hybridized carbons (Fsp3) is 0.615. The summed E-state index contributed by atoms with van der Waals surface area (Å²) in [5, 5.41) is 2.91. The zero-order valence-electron chi connectivity index (χ0n) is 11.3. The second-order valence-corrected chi connectivity index (χ2v) is 8.83. The predicted octanol–water partition coefficient (Wildman–Crippen LogP) is 1.49. The first-order valence-electron chi connectivity index (χ1n) is 6.87. The van der Waals surface area contributed by atoms with Crippen LogP contribution in [0, 0.1) is 6.92 Å². The molecule has 110 valence electrons. The molecule has 1 unspecified atom stereocenters. The van der Waals surface area contributed by atoms with Crippen LogP contribution in [0.2, 0.25) is 0 Å². The minimum Gasteiger partial charge on any atom is -0.352 e. The minimum absolute atomic E-state index is 0.137. The molecule has 1 atom stereocenters. The molecule has 0 radical (unpaired) electrons. The van der Waals surface area contributed by atoms with E-state index in [0.717, 1.165) is 24.1 Å². The van der Waals surface area contributed by atoms with E-state index in [9.17, 15) is 13.2 Å². The fourth-order valence-electron chi connectivity index (χ4n) is 2.48. The normalized spacial score (nSPS) is 23.9. The van der Waals surface area contributed by atoms with Crippen LogP contribution in [0.15, 0.2) is 16.3 Å². The molecule has 0 aromatic carbocycles. The number of carbonyl (C=O) groups is 1. The summed E-state index contributed by atoms with van der Waals surface area (Å²) in [6.45, 7) is 2.31. The zero-order chi connectivity index (χ0) is 14.3. The number of sulfonamides is 1. The van der Waals surface area contributed by atoms with Crippen molar-refractivity contribution < 1.29 is 13.2 Å². The summed E-state index contributed by atoms with van der Waals surface area (Å²) in [5.74, 6) is -0.137. The van der Waals surface area contributed by atoms with Crippen LogP contribution in [-0.4, -0.2) is 37.3 Å². The van der Waals surface area contributed by atoms with E-state index in [1.54, 1.807) is 12.1 Å². The van der Waals surface area contributed by atoms with Gasteiger partial charge in [0.2, 0.25) is 5.91 Å². The van der Waals surface area contributed by atoms with E-state index in [0.29, 0.717) is 17.2 Å². The van der Waals surface area contributed by atoms with Gasteiger partial charge in [-0.25, -0.2) is 8.42 Å². The third-order valence-corrected chi connectivity index (χ3v) is 7.08. The van der Waals surface area contributed by atoms with Crippen LogP contribution in [0.4, 0.5) is 0 Å². The smallest absolute Gasteiger partial charge is 0.253 e. The predicted molar refractivity (Wildman–Crippen MR) is 77.1 cm³/mol. The SMILES string of the molecule is Cc1ccc(S(=O)(=O)N2CCCC2C(=O)NC2CC2)s1. The number of hydrogen-bond acceptors (Lipinski definition) is 4. The zero-order valence-corrected chi connectivity index (χ0v) is 13.0. The van der Waals surface area contributed by atoms with Crippen molar-refractivity contribution in [1.29, 1.82) is 0 Å². The molecule has 0 bridgehead atoms. The van der Waals surface area contributed by atoms with Gasteiger partial charge in [0.15, 0.2) is 0 Å². The molecule has 2 fully saturated rings. The van der Waals surface area contributed by atoms with Gasteiger partial charge in [-0.1, -0.05) is 0 Å². The Morgan fingerprint density at radius 3 is 2.70 bits per heavy atom. The molecule has 1 aromatic rings. The lowest BCUT2D eigenvalue weighted by Crippen LogP contribution is -2.46. The molecule has 2 heterocycles. The standard InChI is InChI=1S/C13H18N2O3S2/c1-9-4-7-12(19-9)20(17,18)15-8-2-3-11(15)13(16)14-10-5-6-10/h4,7,10-11H,2-3,5-6,8H2,1H3,(H,14,16). The Balaban J connectivity index is 1.82. The highest BCUT2D eigenvalue weighted by Gasteiger charge is 2.41. The monoisotopic (exact) mass is 314 g/mol. The fourth-order valence-corrected chi connectivity index (χ4v) is 5.55. The summed E-state index contributed by atoms with van der Waals surface area (Å²) >= 11 is 1.26. The highest BCUT2D eigenvalue weighted by Crippen LogP contribution is 2.30. The molecule has 1 aromatic heterocycles. The molecule has 0 spiro atoms. The number of rotatable bonds is 4. The number of aryl methyl sites for hydroxylation is 1. The molecule has 1 aliphatic carbocycles. The average Bonchev–Trinajstić information content (AvgIpc) is 2.92. The maximum atomic E-state index is 12.6. The number of nitrogens with one attached hydrogen (secondary N) is 1. The second kappa shape index (κ2) is 5.13. The van der Waals surface area contributed by atoms with Crippen LogP contribution in [0.1, 0.15) is 30.6 Å². The first-order valence-corrected chi connectivity index (χ1v) is 9.13. The highest BCUT2D eigenvalue weighted by molar-refractivity contribution is 7.91. The number of thiophene rings is 1. The average molecular weight is 314 g/mol. The van der Waals surface area contributed by atoms with E-state index in [2.05, 4.69) is 5.32 Å². The molecule has 1 saturated heterocycles. The van der Waals surface area contributed by atoms with Crippen molar-refractivity contribution in [2.45, 2.75) is 48.9 Å². The molecule has 1 saturated carbocycles. The maximum Gasteiger partial charge on any atom is 0.253 e. The Bertz CT molecular complexity index is 619. The van der Waals surface area contributed by atoms with Crippen LogP contribution < -0.4 is 5.32 Å². The van der Waals surface area contributed by atoms with E-state index < -0.39 is 16.1 Å². The molecule has 3 rings (SSSR count). The van der Waals surface area contributed by atoms with Gasteiger partial charge in [-0.2, -0.15) is 4.31 Å². The van der Waals surface area contributed by atoms with Gasteiger partial charge in [0.25, 0.3) is 10.0 Å². The van der Waals surface area contributed by atoms with Crippen molar-refractivity contribution in [1.82, 2.24) is 9.62 Å². The van der Waals surface area contributed by atoms with E-state index in [-0.39, 0.29) is 11.9 Å². The number of amides is 1. The van der Waals surface area contributed by atoms with Crippen LogP contribution in [0.3, 0.4) is 0 Å². The van der Waals surface area contributed by atoms with Gasteiger partial charge in [-0.15, -0.1) is 11.3 Å². The Morgan fingerprint density at radius 2 is 2.10 bits per heavy atom. The lowest BCUT2D eigenvalue weighted by Gasteiger charge is -2.22. The Hall–Kier alpha value is -0.920. The Labute approximate surface area is 123 Å². The summed E-state index contributed by atoms with van der Waals surface area (Å²) in [5.41, 5.74) is 0. The topological polar surface area (TPSA) is 66.5 Å². The van der Waals surface area contributed by atoms with E-state index in [4.69, 9.17) is 0 Å². The van der Waals surface area contributed by atoms with Crippen LogP contribution in [0.5, 0.6) is 0 Å². The molecule has 2 aliphatic rings. The van der Waals surface area contributed by atoms with E-state index in [1.807, 2.05) is 6.92 Å². The molecule has 1 aliphatic heterocycles. The maximum absolute atomic E-state index is 12.6. The summed E-state index contributed by atoms with van der Waals surface area (Å²) in [7, 11) is -3.54. The van der Waals surface area contributed by atoms with Gasteiger partial charge >= 0.3 is 0 Å². The lowest BCUT2D eigenvalue weighted by atomic mass is 10.2. The largest absolute Gasteiger partial charge is 0.352 e. The van der Waals surface area contributed by atoms with E-state index in [1.165, 1.54) is 15.6 Å². The van der Waals surface area contributed by atoms with Crippen molar-refractivity contribution in [3.05, 3.63) is 17.0 Å². The lowest BCUT2D eigenvalue weighted by molar-refractivity contribution is -0.124. The minimum atomic E-state index is -3.54. The first kappa shape index (κ1) is 14.0. The van der Waals surface area contributed by atoms with Gasteiger partial charge in [0, 0.05) is 17.5 Å². The molecule has 1 N–H and O–H groups in total. The number of carbonyl (C=O) groups excluding carboxylic acids is 1. The molecule has 5 nitrogen and oxygen atoms in total.